The highest BCUT2D eigenvalue weighted by Crippen LogP contribution is 2.26. The van der Waals surface area contributed by atoms with E-state index in [-0.39, 0.29) is 22.4 Å². The van der Waals surface area contributed by atoms with Gasteiger partial charge in [-0.25, -0.2) is 8.42 Å². The molecule has 0 spiro atoms. The Bertz CT molecular complexity index is 844. The lowest BCUT2D eigenvalue weighted by atomic mass is 10.1. The average Bonchev–Trinajstić information content (AvgIpc) is 3.16. The van der Waals surface area contributed by atoms with Crippen molar-refractivity contribution in [3.05, 3.63) is 46.2 Å². The summed E-state index contributed by atoms with van der Waals surface area (Å²) in [6.45, 7) is 6.16. The molecule has 26 heavy (non-hydrogen) atoms. The van der Waals surface area contributed by atoms with Crippen molar-refractivity contribution >= 4 is 27.3 Å². The van der Waals surface area contributed by atoms with Crippen LogP contribution in [-0.2, 0) is 10.0 Å². The number of thiophene rings is 1. The first kappa shape index (κ1) is 20.4. The van der Waals surface area contributed by atoms with Gasteiger partial charge < -0.3 is 10.1 Å². The van der Waals surface area contributed by atoms with E-state index < -0.39 is 10.0 Å². The number of methoxy groups -OCH3 is 1. The van der Waals surface area contributed by atoms with Crippen LogP contribution in [0.4, 0.5) is 0 Å². The quantitative estimate of drug-likeness (QED) is 0.743. The summed E-state index contributed by atoms with van der Waals surface area (Å²) >= 11 is 1.55. The van der Waals surface area contributed by atoms with E-state index in [2.05, 4.69) is 5.32 Å². The van der Waals surface area contributed by atoms with Crippen LogP contribution in [0.2, 0.25) is 0 Å². The summed E-state index contributed by atoms with van der Waals surface area (Å²) in [6, 6.07) is 8.03. The lowest BCUT2D eigenvalue weighted by molar-refractivity contribution is 0.0937. The van der Waals surface area contributed by atoms with Gasteiger partial charge in [0, 0.05) is 18.0 Å². The molecule has 2 aromatic rings. The number of sulfonamides is 1. The first-order chi connectivity index (χ1) is 12.3. The van der Waals surface area contributed by atoms with Gasteiger partial charge in [0.25, 0.3) is 5.91 Å². The average molecular weight is 397 g/mol. The number of nitrogens with zero attached hydrogens (tertiary/aromatic N) is 1. The molecule has 0 aliphatic heterocycles. The number of rotatable bonds is 8. The number of nitrogens with one attached hydrogen (secondary N) is 1. The molecular weight excluding hydrogens is 372 g/mol. The van der Waals surface area contributed by atoms with Gasteiger partial charge in [-0.1, -0.05) is 19.9 Å². The van der Waals surface area contributed by atoms with Crippen LogP contribution in [0, 0.1) is 0 Å². The van der Waals surface area contributed by atoms with Crippen molar-refractivity contribution in [2.75, 3.05) is 20.2 Å². The molecule has 0 bridgehead atoms. The highest BCUT2D eigenvalue weighted by Gasteiger charge is 2.25. The van der Waals surface area contributed by atoms with Crippen LogP contribution < -0.4 is 10.1 Å². The van der Waals surface area contributed by atoms with Crippen molar-refractivity contribution in [2.24, 2.45) is 0 Å². The zero-order chi connectivity index (χ0) is 19.3. The van der Waals surface area contributed by atoms with Crippen molar-refractivity contribution in [1.29, 1.82) is 0 Å². The van der Waals surface area contributed by atoms with Crippen molar-refractivity contribution in [3.8, 4) is 5.75 Å². The zero-order valence-corrected chi connectivity index (χ0v) is 17.0. The Hall–Kier alpha value is -1.90. The minimum atomic E-state index is -3.65. The van der Waals surface area contributed by atoms with Gasteiger partial charge >= 0.3 is 0 Å². The Labute approximate surface area is 158 Å². The van der Waals surface area contributed by atoms with Crippen LogP contribution >= 0.6 is 11.3 Å². The fourth-order valence-corrected chi connectivity index (χ4v) is 4.84. The van der Waals surface area contributed by atoms with Crippen LogP contribution in [-0.4, -0.2) is 38.8 Å². The minimum Gasteiger partial charge on any atom is -0.496 e. The third-order valence-electron chi connectivity index (χ3n) is 4.08. The van der Waals surface area contributed by atoms with Crippen LogP contribution in [0.1, 0.15) is 42.0 Å². The number of carbonyl (C=O) groups excluding carboxylic acids is 1. The fraction of sp³-hybridized carbons (Fsp3) is 0.389. The number of amides is 1. The van der Waals surface area contributed by atoms with Crippen molar-refractivity contribution in [2.45, 2.75) is 31.7 Å². The second kappa shape index (κ2) is 8.66. The Morgan fingerprint density at radius 3 is 2.50 bits per heavy atom. The fourth-order valence-electron chi connectivity index (χ4n) is 2.62. The topological polar surface area (TPSA) is 75.7 Å². The normalized spacial score (nSPS) is 12.8. The predicted molar refractivity (Wildman–Crippen MR) is 103 cm³/mol. The molecule has 0 aliphatic carbocycles. The molecule has 2 rings (SSSR count). The molecule has 0 saturated carbocycles. The molecule has 1 amide bonds. The Kier molecular flexibility index (Phi) is 6.80. The molecule has 0 saturated heterocycles. The van der Waals surface area contributed by atoms with Crippen LogP contribution in [0.3, 0.4) is 0 Å². The van der Waals surface area contributed by atoms with E-state index in [0.29, 0.717) is 18.8 Å². The Balaban J connectivity index is 2.36. The molecule has 0 aliphatic rings. The standard InChI is InChI=1S/C18H24N2O4S2/c1-5-20(6-2)26(22,23)14-9-10-16(24-4)15(12-14)18(21)19-13(3)17-8-7-11-25-17/h7-13H,5-6H2,1-4H3,(H,19,21). The van der Waals surface area contributed by atoms with Gasteiger partial charge in [0.2, 0.25) is 10.0 Å². The maximum absolute atomic E-state index is 12.7. The number of hydrogen-bond donors (Lipinski definition) is 1. The molecule has 6 nitrogen and oxygen atoms in total. The molecule has 142 valence electrons. The van der Waals surface area contributed by atoms with E-state index in [0.717, 1.165) is 4.88 Å². The van der Waals surface area contributed by atoms with Crippen LogP contribution in [0.15, 0.2) is 40.6 Å². The summed E-state index contributed by atoms with van der Waals surface area (Å²) in [5.74, 6) is -0.0428. The molecule has 0 fully saturated rings. The van der Waals surface area contributed by atoms with Gasteiger partial charge in [-0.2, -0.15) is 4.31 Å². The monoisotopic (exact) mass is 396 g/mol. The summed E-state index contributed by atoms with van der Waals surface area (Å²) in [5.41, 5.74) is 0.198. The predicted octanol–water partition coefficient (Wildman–Crippen LogP) is 3.28. The van der Waals surface area contributed by atoms with Crippen molar-refractivity contribution < 1.29 is 17.9 Å². The largest absolute Gasteiger partial charge is 0.496 e. The van der Waals surface area contributed by atoms with Gasteiger partial charge in [0.15, 0.2) is 0 Å². The summed E-state index contributed by atoms with van der Waals surface area (Å²) in [7, 11) is -2.20. The number of carbonyl (C=O) groups is 1. The van der Waals surface area contributed by atoms with Gasteiger partial charge in [0.05, 0.1) is 23.6 Å². The highest BCUT2D eigenvalue weighted by atomic mass is 32.2. The zero-order valence-electron chi connectivity index (χ0n) is 15.4. The van der Waals surface area contributed by atoms with Crippen LogP contribution in [0.25, 0.3) is 0 Å². The lowest BCUT2D eigenvalue weighted by Crippen LogP contribution is -2.31. The van der Waals surface area contributed by atoms with E-state index >= 15 is 0 Å². The first-order valence-corrected chi connectivity index (χ1v) is 10.7. The van der Waals surface area contributed by atoms with Crippen LogP contribution in [0.5, 0.6) is 5.75 Å². The molecule has 1 aromatic heterocycles. The Morgan fingerprint density at radius 2 is 1.96 bits per heavy atom. The third-order valence-corrected chi connectivity index (χ3v) is 7.18. The lowest BCUT2D eigenvalue weighted by Gasteiger charge is -2.20. The molecule has 1 unspecified atom stereocenters. The molecule has 0 radical (unpaired) electrons. The maximum atomic E-state index is 12.7. The van der Waals surface area contributed by atoms with E-state index in [9.17, 15) is 13.2 Å². The summed E-state index contributed by atoms with van der Waals surface area (Å²) in [4.78, 5) is 13.8. The molecule has 1 aromatic carbocycles. The second-order valence-corrected chi connectivity index (χ2v) is 8.58. The smallest absolute Gasteiger partial charge is 0.255 e. The minimum absolute atomic E-state index is 0.0796. The highest BCUT2D eigenvalue weighted by molar-refractivity contribution is 7.89. The number of benzene rings is 1. The van der Waals surface area contributed by atoms with Crippen molar-refractivity contribution in [1.82, 2.24) is 9.62 Å². The van der Waals surface area contributed by atoms with Gasteiger partial charge in [-0.3, -0.25) is 4.79 Å². The molecule has 1 heterocycles. The molecule has 1 N–H and O–H groups in total. The van der Waals surface area contributed by atoms with E-state index in [1.165, 1.54) is 29.6 Å². The van der Waals surface area contributed by atoms with E-state index in [1.807, 2.05) is 24.4 Å². The van der Waals surface area contributed by atoms with E-state index in [1.54, 1.807) is 25.2 Å². The SMILES string of the molecule is CCN(CC)S(=O)(=O)c1ccc(OC)c(C(=O)NC(C)c2cccs2)c1. The maximum Gasteiger partial charge on any atom is 0.255 e. The number of ether oxygens (including phenoxy) is 1. The summed E-state index contributed by atoms with van der Waals surface area (Å²) in [5, 5.41) is 4.83. The molecule has 1 atom stereocenters. The second-order valence-electron chi connectivity index (χ2n) is 5.66. The molecule has 8 heteroatoms. The summed E-state index contributed by atoms with van der Waals surface area (Å²) < 4.78 is 32.1. The van der Waals surface area contributed by atoms with Gasteiger partial charge in [-0.05, 0) is 36.6 Å². The summed E-state index contributed by atoms with van der Waals surface area (Å²) in [6.07, 6.45) is 0. The Morgan fingerprint density at radius 1 is 1.27 bits per heavy atom. The van der Waals surface area contributed by atoms with Gasteiger partial charge in [-0.15, -0.1) is 11.3 Å². The van der Waals surface area contributed by atoms with E-state index in [4.69, 9.17) is 4.74 Å². The number of hydrogen-bond acceptors (Lipinski definition) is 5. The first-order valence-electron chi connectivity index (χ1n) is 8.37. The third kappa shape index (κ3) is 4.25. The van der Waals surface area contributed by atoms with Gasteiger partial charge in [0.1, 0.15) is 5.75 Å². The molecular formula is C18H24N2O4S2. The van der Waals surface area contributed by atoms with Crippen molar-refractivity contribution in [3.63, 3.8) is 0 Å².